The fraction of sp³-hybridized carbons (Fsp3) is 0.462. The predicted octanol–water partition coefficient (Wildman–Crippen LogP) is 0.528. The molecule has 1 heterocycles. The van der Waals surface area contributed by atoms with Crippen molar-refractivity contribution in [3.63, 3.8) is 0 Å². The first kappa shape index (κ1) is 12.9. The van der Waals surface area contributed by atoms with E-state index in [1.54, 1.807) is 23.1 Å². The molecule has 2 rings (SSSR count). The SMILES string of the molecule is COc1ccccc1C(=O)N1CCOCC1CO. The lowest BCUT2D eigenvalue weighted by molar-refractivity contribution is -0.0185. The summed E-state index contributed by atoms with van der Waals surface area (Å²) in [4.78, 5) is 14.1. The normalized spacial score (nSPS) is 19.7. The third kappa shape index (κ3) is 2.47. The van der Waals surface area contributed by atoms with Gasteiger partial charge in [0.1, 0.15) is 5.75 Å². The first-order chi connectivity index (χ1) is 8.77. The Labute approximate surface area is 106 Å². The molecule has 1 saturated heterocycles. The summed E-state index contributed by atoms with van der Waals surface area (Å²) >= 11 is 0. The maximum atomic E-state index is 12.4. The van der Waals surface area contributed by atoms with Crippen molar-refractivity contribution < 1.29 is 19.4 Å². The molecule has 1 aromatic rings. The smallest absolute Gasteiger partial charge is 0.258 e. The van der Waals surface area contributed by atoms with Crippen LogP contribution in [-0.2, 0) is 4.74 Å². The molecule has 1 fully saturated rings. The lowest BCUT2D eigenvalue weighted by Gasteiger charge is -2.34. The summed E-state index contributed by atoms with van der Waals surface area (Å²) in [6.45, 7) is 1.26. The zero-order valence-electron chi connectivity index (χ0n) is 10.3. The first-order valence-electron chi connectivity index (χ1n) is 5.90. The molecular formula is C13H17NO4. The number of hydrogen-bond acceptors (Lipinski definition) is 4. The number of carbonyl (C=O) groups is 1. The van der Waals surface area contributed by atoms with Gasteiger partial charge in [-0.15, -0.1) is 0 Å². The number of methoxy groups -OCH3 is 1. The second-order valence-corrected chi connectivity index (χ2v) is 4.11. The van der Waals surface area contributed by atoms with E-state index in [0.717, 1.165) is 0 Å². The zero-order valence-corrected chi connectivity index (χ0v) is 10.3. The molecule has 1 aromatic carbocycles. The largest absolute Gasteiger partial charge is 0.496 e. The number of aliphatic hydroxyl groups excluding tert-OH is 1. The topological polar surface area (TPSA) is 59.0 Å². The van der Waals surface area contributed by atoms with Crippen LogP contribution in [0.4, 0.5) is 0 Å². The highest BCUT2D eigenvalue weighted by atomic mass is 16.5. The minimum atomic E-state index is -0.281. The Hall–Kier alpha value is -1.59. The van der Waals surface area contributed by atoms with Gasteiger partial charge < -0.3 is 19.5 Å². The fourth-order valence-corrected chi connectivity index (χ4v) is 2.05. The van der Waals surface area contributed by atoms with Gasteiger partial charge in [0, 0.05) is 6.54 Å². The van der Waals surface area contributed by atoms with Crippen LogP contribution < -0.4 is 4.74 Å². The van der Waals surface area contributed by atoms with Crippen LogP contribution in [0.2, 0.25) is 0 Å². The lowest BCUT2D eigenvalue weighted by Crippen LogP contribution is -2.50. The van der Waals surface area contributed by atoms with E-state index in [2.05, 4.69) is 0 Å². The Morgan fingerprint density at radius 2 is 2.33 bits per heavy atom. The van der Waals surface area contributed by atoms with E-state index in [1.807, 2.05) is 6.07 Å². The average Bonchev–Trinajstić information content (AvgIpc) is 2.46. The number of amides is 1. The van der Waals surface area contributed by atoms with Crippen molar-refractivity contribution >= 4 is 5.91 Å². The molecule has 0 bridgehead atoms. The summed E-state index contributed by atoms with van der Waals surface area (Å²) in [7, 11) is 1.54. The fourth-order valence-electron chi connectivity index (χ4n) is 2.05. The van der Waals surface area contributed by atoms with Gasteiger partial charge >= 0.3 is 0 Å². The molecule has 1 N–H and O–H groups in total. The van der Waals surface area contributed by atoms with Crippen LogP contribution in [0.15, 0.2) is 24.3 Å². The van der Waals surface area contributed by atoms with Crippen LogP contribution in [0.25, 0.3) is 0 Å². The molecule has 0 saturated carbocycles. The van der Waals surface area contributed by atoms with Crippen molar-refractivity contribution in [2.45, 2.75) is 6.04 Å². The molecule has 98 valence electrons. The summed E-state index contributed by atoms with van der Waals surface area (Å²) in [6, 6.07) is 6.81. The molecule has 5 nitrogen and oxygen atoms in total. The van der Waals surface area contributed by atoms with E-state index in [0.29, 0.717) is 31.1 Å². The minimum Gasteiger partial charge on any atom is -0.496 e. The third-order valence-electron chi connectivity index (χ3n) is 3.04. The molecule has 0 radical (unpaired) electrons. The predicted molar refractivity (Wildman–Crippen MR) is 65.7 cm³/mol. The van der Waals surface area contributed by atoms with Gasteiger partial charge in [0.15, 0.2) is 0 Å². The molecule has 0 aliphatic carbocycles. The average molecular weight is 251 g/mol. The minimum absolute atomic E-state index is 0.0963. The Morgan fingerprint density at radius 3 is 3.06 bits per heavy atom. The Balaban J connectivity index is 2.24. The maximum Gasteiger partial charge on any atom is 0.258 e. The van der Waals surface area contributed by atoms with Gasteiger partial charge in [-0.2, -0.15) is 0 Å². The molecule has 0 spiro atoms. The summed E-state index contributed by atoms with van der Waals surface area (Å²) in [5.74, 6) is 0.417. The van der Waals surface area contributed by atoms with Crippen molar-refractivity contribution in [3.8, 4) is 5.75 Å². The van der Waals surface area contributed by atoms with Gasteiger partial charge in [-0.25, -0.2) is 0 Å². The van der Waals surface area contributed by atoms with Gasteiger partial charge in [-0.05, 0) is 12.1 Å². The summed E-state index contributed by atoms with van der Waals surface area (Å²) in [5.41, 5.74) is 0.514. The molecule has 18 heavy (non-hydrogen) atoms. The molecule has 5 heteroatoms. The van der Waals surface area contributed by atoms with E-state index in [4.69, 9.17) is 9.47 Å². The van der Waals surface area contributed by atoms with Crippen LogP contribution in [0.3, 0.4) is 0 Å². The standard InChI is InChI=1S/C13H17NO4/c1-17-12-5-3-2-4-11(12)13(16)14-6-7-18-9-10(14)8-15/h2-5,10,15H,6-9H2,1H3. The highest BCUT2D eigenvalue weighted by Gasteiger charge is 2.28. The number of morpholine rings is 1. The number of aliphatic hydroxyl groups is 1. The number of para-hydroxylation sites is 1. The molecule has 0 aromatic heterocycles. The van der Waals surface area contributed by atoms with Crippen LogP contribution in [0.1, 0.15) is 10.4 Å². The van der Waals surface area contributed by atoms with Gasteiger partial charge in [-0.3, -0.25) is 4.79 Å². The molecule has 1 aliphatic heterocycles. The number of rotatable bonds is 3. The molecular weight excluding hydrogens is 234 g/mol. The Bertz CT molecular complexity index is 421. The number of hydrogen-bond donors (Lipinski definition) is 1. The van der Waals surface area contributed by atoms with Crippen LogP contribution >= 0.6 is 0 Å². The van der Waals surface area contributed by atoms with Crippen LogP contribution in [-0.4, -0.2) is 55.4 Å². The summed E-state index contributed by atoms with van der Waals surface area (Å²) in [5, 5.41) is 9.28. The van der Waals surface area contributed by atoms with E-state index >= 15 is 0 Å². The molecule has 1 aliphatic rings. The van der Waals surface area contributed by atoms with Crippen LogP contribution in [0, 0.1) is 0 Å². The molecule has 1 amide bonds. The van der Waals surface area contributed by atoms with Gasteiger partial charge in [0.05, 0.1) is 38.5 Å². The first-order valence-corrected chi connectivity index (χ1v) is 5.90. The zero-order chi connectivity index (χ0) is 13.0. The highest BCUT2D eigenvalue weighted by molar-refractivity contribution is 5.97. The third-order valence-corrected chi connectivity index (χ3v) is 3.04. The Morgan fingerprint density at radius 1 is 1.56 bits per heavy atom. The van der Waals surface area contributed by atoms with E-state index in [1.165, 1.54) is 7.11 Å². The molecule has 1 unspecified atom stereocenters. The molecule has 1 atom stereocenters. The van der Waals surface area contributed by atoms with E-state index < -0.39 is 0 Å². The summed E-state index contributed by atoms with van der Waals surface area (Å²) < 4.78 is 10.4. The highest BCUT2D eigenvalue weighted by Crippen LogP contribution is 2.21. The van der Waals surface area contributed by atoms with E-state index in [-0.39, 0.29) is 18.6 Å². The van der Waals surface area contributed by atoms with Crippen molar-refractivity contribution in [3.05, 3.63) is 29.8 Å². The summed E-state index contributed by atoms with van der Waals surface area (Å²) in [6.07, 6.45) is 0. The number of ether oxygens (including phenoxy) is 2. The Kier molecular flexibility index (Phi) is 4.17. The monoisotopic (exact) mass is 251 g/mol. The number of benzene rings is 1. The second-order valence-electron chi connectivity index (χ2n) is 4.11. The van der Waals surface area contributed by atoms with E-state index in [9.17, 15) is 9.90 Å². The lowest BCUT2D eigenvalue weighted by atomic mass is 10.1. The number of carbonyl (C=O) groups excluding carboxylic acids is 1. The van der Waals surface area contributed by atoms with Crippen molar-refractivity contribution in [2.24, 2.45) is 0 Å². The van der Waals surface area contributed by atoms with Crippen molar-refractivity contribution in [1.82, 2.24) is 4.90 Å². The van der Waals surface area contributed by atoms with Gasteiger partial charge in [-0.1, -0.05) is 12.1 Å². The number of nitrogens with zero attached hydrogens (tertiary/aromatic N) is 1. The van der Waals surface area contributed by atoms with Crippen molar-refractivity contribution in [2.75, 3.05) is 33.5 Å². The van der Waals surface area contributed by atoms with Gasteiger partial charge in [0.2, 0.25) is 0 Å². The second kappa shape index (κ2) is 5.84. The van der Waals surface area contributed by atoms with Crippen molar-refractivity contribution in [1.29, 1.82) is 0 Å². The quantitative estimate of drug-likeness (QED) is 0.851. The maximum absolute atomic E-state index is 12.4. The van der Waals surface area contributed by atoms with Crippen LogP contribution in [0.5, 0.6) is 5.75 Å². The van der Waals surface area contributed by atoms with Gasteiger partial charge in [0.25, 0.3) is 5.91 Å².